The number of carbonyl (C=O) groups excluding carboxylic acids is 3. The summed E-state index contributed by atoms with van der Waals surface area (Å²) < 4.78 is 0. The van der Waals surface area contributed by atoms with Crippen LogP contribution in [0.2, 0.25) is 0 Å². The number of hydrazine groups is 1. The summed E-state index contributed by atoms with van der Waals surface area (Å²) in [6, 6.07) is -1.49. The Morgan fingerprint density at radius 2 is 1.72 bits per heavy atom. The average Bonchev–Trinajstić information content (AvgIpc) is 2.73. The number of Topliss-reactive ketones (excluding diaryl/α,β-unsaturated/α-hetero) is 1. The summed E-state index contributed by atoms with van der Waals surface area (Å²) in [7, 11) is 0. The maximum absolute atomic E-state index is 11.9. The van der Waals surface area contributed by atoms with Gasteiger partial charge in [-0.15, -0.1) is 0 Å². The maximum atomic E-state index is 11.9. The van der Waals surface area contributed by atoms with Gasteiger partial charge in [0.1, 0.15) is 6.04 Å². The normalized spacial score (nSPS) is 18.4. The van der Waals surface area contributed by atoms with Crippen LogP contribution in [0.25, 0.3) is 0 Å². The van der Waals surface area contributed by atoms with Gasteiger partial charge in [0.2, 0.25) is 5.91 Å². The molecule has 0 spiro atoms. The number of aliphatic hydroxyl groups excluding tert-OH is 1. The van der Waals surface area contributed by atoms with Crippen molar-refractivity contribution >= 4 is 17.7 Å². The molecule has 0 aromatic heterocycles. The first-order valence-electron chi connectivity index (χ1n) is 5.89. The fourth-order valence-electron chi connectivity index (χ4n) is 1.92. The summed E-state index contributed by atoms with van der Waals surface area (Å²) in [5.41, 5.74) is 0. The van der Waals surface area contributed by atoms with Crippen LogP contribution in [0.15, 0.2) is 0 Å². The van der Waals surface area contributed by atoms with E-state index in [9.17, 15) is 19.5 Å². The summed E-state index contributed by atoms with van der Waals surface area (Å²) in [5, 5.41) is 14.4. The zero-order chi connectivity index (χ0) is 13.9. The number of amides is 3. The first-order chi connectivity index (χ1) is 8.34. The summed E-state index contributed by atoms with van der Waals surface area (Å²) >= 11 is 0. The lowest BCUT2D eigenvalue weighted by molar-refractivity contribution is -0.137. The monoisotopic (exact) mass is 257 g/mol. The number of nitrogens with one attached hydrogen (secondary N) is 1. The Kier molecular flexibility index (Phi) is 4.66. The minimum atomic E-state index is -0.972. The van der Waals surface area contributed by atoms with Crippen LogP contribution >= 0.6 is 0 Å². The van der Waals surface area contributed by atoms with Crippen molar-refractivity contribution < 1.29 is 19.5 Å². The van der Waals surface area contributed by atoms with E-state index in [4.69, 9.17) is 0 Å². The molecule has 0 radical (unpaired) electrons. The third-order valence-electron chi connectivity index (χ3n) is 2.83. The Morgan fingerprint density at radius 1 is 1.17 bits per heavy atom. The molecule has 0 aromatic rings. The fraction of sp³-hybridized carbons (Fsp3) is 0.727. The molecular formula is C11H19N3O4. The average molecular weight is 257 g/mol. The fourth-order valence-corrected chi connectivity index (χ4v) is 1.92. The Hall–Kier alpha value is -1.63. The molecule has 1 heterocycles. The van der Waals surface area contributed by atoms with Gasteiger partial charge in [-0.2, -0.15) is 0 Å². The van der Waals surface area contributed by atoms with Crippen molar-refractivity contribution in [3.05, 3.63) is 0 Å². The summed E-state index contributed by atoms with van der Waals surface area (Å²) in [6.45, 7) is 5.02. The second kappa shape index (κ2) is 5.81. The first kappa shape index (κ1) is 14.4. The molecule has 0 aromatic carbocycles. The van der Waals surface area contributed by atoms with Crippen molar-refractivity contribution in [2.75, 3.05) is 13.1 Å². The minimum Gasteiger partial charge on any atom is -0.391 e. The highest BCUT2D eigenvalue weighted by molar-refractivity contribution is 5.88. The van der Waals surface area contributed by atoms with Gasteiger partial charge in [0.25, 0.3) is 0 Å². The third kappa shape index (κ3) is 3.19. The number of ketones is 1. The van der Waals surface area contributed by atoms with E-state index in [0.29, 0.717) is 19.5 Å². The minimum absolute atomic E-state index is 0.223. The quantitative estimate of drug-likeness (QED) is 0.713. The Morgan fingerprint density at radius 3 is 2.17 bits per heavy atom. The second-order valence-electron chi connectivity index (χ2n) is 4.40. The number of nitrogens with zero attached hydrogens (tertiary/aromatic N) is 2. The molecule has 1 aliphatic heterocycles. The zero-order valence-electron chi connectivity index (χ0n) is 10.8. The predicted octanol–water partition coefficient (Wildman–Crippen LogP) is -0.496. The van der Waals surface area contributed by atoms with Gasteiger partial charge in [0.15, 0.2) is 5.78 Å². The molecule has 102 valence electrons. The summed E-state index contributed by atoms with van der Waals surface area (Å²) in [5.74, 6) is -0.550. The van der Waals surface area contributed by atoms with Gasteiger partial charge in [-0.3, -0.25) is 14.6 Å². The summed E-state index contributed by atoms with van der Waals surface area (Å²) in [6.07, 6.45) is -0.272. The maximum Gasteiger partial charge on any atom is 0.336 e. The van der Waals surface area contributed by atoms with E-state index < -0.39 is 18.2 Å². The van der Waals surface area contributed by atoms with Crippen LogP contribution in [-0.4, -0.2) is 58.1 Å². The van der Waals surface area contributed by atoms with Gasteiger partial charge in [-0.25, -0.2) is 9.80 Å². The van der Waals surface area contributed by atoms with Gasteiger partial charge >= 0.3 is 6.03 Å². The molecule has 1 fully saturated rings. The number of rotatable bonds is 3. The van der Waals surface area contributed by atoms with Gasteiger partial charge in [-0.05, 0) is 20.3 Å². The smallest absolute Gasteiger partial charge is 0.336 e. The summed E-state index contributed by atoms with van der Waals surface area (Å²) in [4.78, 5) is 34.5. The van der Waals surface area contributed by atoms with Crippen LogP contribution in [0.1, 0.15) is 27.2 Å². The van der Waals surface area contributed by atoms with Crippen LogP contribution in [0.4, 0.5) is 4.79 Å². The molecule has 3 amide bonds. The van der Waals surface area contributed by atoms with Gasteiger partial charge < -0.3 is 10.4 Å². The van der Waals surface area contributed by atoms with E-state index in [-0.39, 0.29) is 11.7 Å². The molecule has 1 saturated heterocycles. The lowest BCUT2D eigenvalue weighted by atomic mass is 10.1. The Labute approximate surface area is 106 Å². The van der Waals surface area contributed by atoms with Gasteiger partial charge in [-0.1, -0.05) is 0 Å². The van der Waals surface area contributed by atoms with E-state index in [1.54, 1.807) is 0 Å². The molecule has 7 heteroatoms. The molecule has 7 nitrogen and oxygen atoms in total. The van der Waals surface area contributed by atoms with Crippen molar-refractivity contribution in [2.24, 2.45) is 0 Å². The molecule has 18 heavy (non-hydrogen) atoms. The molecule has 1 rings (SSSR count). The molecule has 0 aliphatic carbocycles. The number of aliphatic hydroxyl groups is 1. The number of urea groups is 1. The number of carbonyl (C=O) groups is 3. The van der Waals surface area contributed by atoms with E-state index in [1.807, 2.05) is 0 Å². The van der Waals surface area contributed by atoms with Crippen molar-refractivity contribution in [1.29, 1.82) is 0 Å². The molecular weight excluding hydrogens is 238 g/mol. The Balaban J connectivity index is 2.69. The van der Waals surface area contributed by atoms with Crippen LogP contribution in [0, 0.1) is 0 Å². The number of hydrogen-bond donors (Lipinski definition) is 2. The SMILES string of the molecule is CC(=O)[C@@H](NC(=O)N1CCCN1C(C)=O)[C@@H](C)O. The number of hydrogen-bond acceptors (Lipinski definition) is 4. The molecule has 1 aliphatic rings. The van der Waals surface area contributed by atoms with E-state index >= 15 is 0 Å². The van der Waals surface area contributed by atoms with Gasteiger partial charge in [0, 0.05) is 20.0 Å². The third-order valence-corrected chi connectivity index (χ3v) is 2.83. The second-order valence-corrected chi connectivity index (χ2v) is 4.40. The molecule has 0 bridgehead atoms. The first-order valence-corrected chi connectivity index (χ1v) is 5.89. The van der Waals surface area contributed by atoms with Crippen LogP contribution < -0.4 is 5.32 Å². The van der Waals surface area contributed by atoms with E-state index in [1.165, 1.54) is 30.8 Å². The van der Waals surface area contributed by atoms with E-state index in [0.717, 1.165) is 0 Å². The predicted molar refractivity (Wildman–Crippen MR) is 63.4 cm³/mol. The molecule has 0 unspecified atom stereocenters. The zero-order valence-corrected chi connectivity index (χ0v) is 10.8. The van der Waals surface area contributed by atoms with Crippen molar-refractivity contribution in [1.82, 2.24) is 15.3 Å². The highest BCUT2D eigenvalue weighted by Gasteiger charge is 2.31. The van der Waals surface area contributed by atoms with E-state index in [2.05, 4.69) is 5.32 Å². The highest BCUT2D eigenvalue weighted by Crippen LogP contribution is 2.11. The Bertz CT molecular complexity index is 356. The highest BCUT2D eigenvalue weighted by atomic mass is 16.3. The lowest BCUT2D eigenvalue weighted by Gasteiger charge is -2.29. The largest absolute Gasteiger partial charge is 0.391 e. The standard InChI is InChI=1S/C11H19N3O4/c1-7(15)10(8(2)16)12-11(18)14-6-4-5-13(14)9(3)17/h7,10,15H,4-6H2,1-3H3,(H,12,18)/t7-,10+/m1/s1. The van der Waals surface area contributed by atoms with Crippen LogP contribution in [0.3, 0.4) is 0 Å². The lowest BCUT2D eigenvalue weighted by Crippen LogP contribution is -2.55. The molecule has 2 N–H and O–H groups in total. The van der Waals surface area contributed by atoms with Crippen LogP contribution in [0.5, 0.6) is 0 Å². The molecule has 2 atom stereocenters. The van der Waals surface area contributed by atoms with Crippen molar-refractivity contribution in [3.8, 4) is 0 Å². The van der Waals surface area contributed by atoms with Crippen molar-refractivity contribution in [3.63, 3.8) is 0 Å². The van der Waals surface area contributed by atoms with Gasteiger partial charge in [0.05, 0.1) is 6.10 Å². The van der Waals surface area contributed by atoms with Crippen molar-refractivity contribution in [2.45, 2.75) is 39.3 Å². The molecule has 0 saturated carbocycles. The van der Waals surface area contributed by atoms with Crippen LogP contribution in [-0.2, 0) is 9.59 Å². The topological polar surface area (TPSA) is 90.0 Å².